The van der Waals surface area contributed by atoms with Crippen molar-refractivity contribution in [2.75, 3.05) is 23.9 Å². The standard InChI is InChI=1S/C51H50N3/c1-50(2)45(52(5)43-31-27-35-17-13-15-23-41(35)47(43)50)33-29-37-25-26-38(49(37)54(39-19-9-7-10-20-39)40-21-11-8-12-22-40)30-34-46-51(3,4)48-42-24-16-14-18-36(42)28-32-44(48)53(46)6/h7-24,27-34,37,45H,25-26H2,1-6H3/q+1. The van der Waals surface area contributed by atoms with Crippen molar-refractivity contribution in [1.82, 2.24) is 4.58 Å². The maximum absolute atomic E-state index is 2.53. The van der Waals surface area contributed by atoms with Crippen LogP contribution in [-0.4, -0.2) is 25.8 Å². The van der Waals surface area contributed by atoms with Crippen LogP contribution in [0.1, 0.15) is 51.7 Å². The number of anilines is 2. The highest BCUT2D eigenvalue weighted by Crippen LogP contribution is 2.51. The third kappa shape index (κ3) is 5.36. The summed E-state index contributed by atoms with van der Waals surface area (Å²) >= 11 is 0. The van der Waals surface area contributed by atoms with Crippen molar-refractivity contribution < 1.29 is 0 Å². The van der Waals surface area contributed by atoms with Crippen molar-refractivity contribution in [3.05, 3.63) is 180 Å². The van der Waals surface area contributed by atoms with Gasteiger partial charge in [0.15, 0.2) is 5.71 Å². The zero-order valence-electron chi connectivity index (χ0n) is 32.4. The molecular weight excluding hydrogens is 655 g/mol. The van der Waals surface area contributed by atoms with Gasteiger partial charge < -0.3 is 9.80 Å². The van der Waals surface area contributed by atoms with Crippen LogP contribution in [0.15, 0.2) is 169 Å². The van der Waals surface area contributed by atoms with Crippen LogP contribution in [0.5, 0.6) is 0 Å². The lowest BCUT2D eigenvalue weighted by Crippen LogP contribution is -2.37. The molecule has 0 spiro atoms. The maximum Gasteiger partial charge on any atom is 0.211 e. The van der Waals surface area contributed by atoms with Crippen LogP contribution in [0, 0.1) is 5.92 Å². The van der Waals surface area contributed by atoms with E-state index < -0.39 is 0 Å². The predicted molar refractivity (Wildman–Crippen MR) is 232 cm³/mol. The third-order valence-electron chi connectivity index (χ3n) is 12.6. The molecule has 1 aliphatic carbocycles. The van der Waals surface area contributed by atoms with E-state index in [0.717, 1.165) is 12.8 Å². The fourth-order valence-corrected chi connectivity index (χ4v) is 10.1. The third-order valence-corrected chi connectivity index (χ3v) is 12.6. The molecule has 3 heteroatoms. The molecule has 0 amide bonds. The summed E-state index contributed by atoms with van der Waals surface area (Å²) in [5.74, 6) is 0.246. The minimum absolute atomic E-state index is 0.0559. The van der Waals surface area contributed by atoms with E-state index in [0.29, 0.717) is 0 Å². The summed E-state index contributed by atoms with van der Waals surface area (Å²) in [4.78, 5) is 4.91. The Morgan fingerprint density at radius 2 is 1.15 bits per heavy atom. The second-order valence-corrected chi connectivity index (χ2v) is 16.5. The number of nitrogens with zero attached hydrogens (tertiary/aromatic N) is 3. The van der Waals surface area contributed by atoms with Crippen molar-refractivity contribution in [3.63, 3.8) is 0 Å². The molecular formula is C51H50N3+. The fraction of sp³-hybridized carbons (Fsp3) is 0.235. The van der Waals surface area contributed by atoms with E-state index in [2.05, 4.69) is 214 Å². The first-order chi connectivity index (χ1) is 26.2. The van der Waals surface area contributed by atoms with E-state index in [1.165, 1.54) is 72.4 Å². The number of para-hydroxylation sites is 2. The van der Waals surface area contributed by atoms with Crippen LogP contribution in [0.3, 0.4) is 0 Å². The lowest BCUT2D eigenvalue weighted by Gasteiger charge is -2.30. The number of rotatable bonds is 5. The highest BCUT2D eigenvalue weighted by Gasteiger charge is 2.44. The summed E-state index contributed by atoms with van der Waals surface area (Å²) in [6.45, 7) is 9.63. The van der Waals surface area contributed by atoms with Gasteiger partial charge in [-0.2, -0.15) is 4.58 Å². The number of likely N-dealkylation sites (N-methyl/N-ethyl adjacent to an activating group) is 2. The van der Waals surface area contributed by atoms with E-state index in [1.807, 2.05) is 0 Å². The summed E-state index contributed by atoms with van der Waals surface area (Å²) < 4.78 is 2.52. The van der Waals surface area contributed by atoms with Crippen LogP contribution >= 0.6 is 0 Å². The highest BCUT2D eigenvalue weighted by molar-refractivity contribution is 6.08. The SMILES string of the molecule is CN1C(=CC=C2CCC(C=CC3N(C)c4ccc5ccccc5c4C3(C)C)C2=[N+](c2ccccc2)c2ccccc2)C(C)(C)c2c1ccc1ccccc21. The van der Waals surface area contributed by atoms with Crippen LogP contribution in [0.25, 0.3) is 21.5 Å². The molecule has 0 aromatic heterocycles. The van der Waals surface area contributed by atoms with Gasteiger partial charge in [0, 0.05) is 71.8 Å². The zero-order chi connectivity index (χ0) is 37.2. The van der Waals surface area contributed by atoms with Crippen LogP contribution < -0.4 is 14.4 Å². The van der Waals surface area contributed by atoms with Gasteiger partial charge in [0.05, 0.1) is 12.0 Å². The topological polar surface area (TPSA) is 9.49 Å². The average molecular weight is 705 g/mol. The Hall–Kier alpha value is -5.67. The summed E-state index contributed by atoms with van der Waals surface area (Å²) in [6.07, 6.45) is 12.0. The fourth-order valence-electron chi connectivity index (χ4n) is 10.1. The Kier molecular flexibility index (Phi) is 8.23. The number of hydrogen-bond acceptors (Lipinski definition) is 2. The minimum atomic E-state index is -0.142. The number of hydrogen-bond donors (Lipinski definition) is 0. The van der Waals surface area contributed by atoms with Gasteiger partial charge in [0.25, 0.3) is 0 Å². The molecule has 3 nitrogen and oxygen atoms in total. The van der Waals surface area contributed by atoms with Crippen molar-refractivity contribution in [3.8, 4) is 0 Å². The molecule has 54 heavy (non-hydrogen) atoms. The summed E-state index contributed by atoms with van der Waals surface area (Å²) in [6, 6.07) is 49.0. The molecule has 0 radical (unpaired) electrons. The van der Waals surface area contributed by atoms with Gasteiger partial charge in [-0.3, -0.25) is 0 Å². The molecule has 6 aromatic rings. The molecule has 0 bridgehead atoms. The quantitative estimate of drug-likeness (QED) is 0.131. The van der Waals surface area contributed by atoms with Crippen molar-refractivity contribution in [2.45, 2.75) is 57.4 Å². The van der Waals surface area contributed by atoms with Gasteiger partial charge in [-0.15, -0.1) is 0 Å². The highest BCUT2D eigenvalue weighted by atomic mass is 15.2. The monoisotopic (exact) mass is 704 g/mol. The van der Waals surface area contributed by atoms with Crippen molar-refractivity contribution in [1.29, 1.82) is 0 Å². The Bertz CT molecular complexity index is 2490. The number of benzene rings is 6. The van der Waals surface area contributed by atoms with Gasteiger partial charge in [0.1, 0.15) is 0 Å². The molecule has 0 saturated heterocycles. The lowest BCUT2D eigenvalue weighted by atomic mass is 9.78. The first-order valence-electron chi connectivity index (χ1n) is 19.5. The Morgan fingerprint density at radius 1 is 0.593 bits per heavy atom. The van der Waals surface area contributed by atoms with Gasteiger partial charge in [-0.1, -0.05) is 143 Å². The largest absolute Gasteiger partial charge is 0.367 e. The van der Waals surface area contributed by atoms with Crippen molar-refractivity contribution >= 4 is 50.0 Å². The second kappa shape index (κ2) is 13.0. The number of allylic oxidation sites excluding steroid dienone is 5. The van der Waals surface area contributed by atoms with Gasteiger partial charge in [-0.05, 0) is 63.7 Å². The molecule has 2 atom stereocenters. The first-order valence-corrected chi connectivity index (χ1v) is 19.5. The molecule has 1 saturated carbocycles. The normalized spacial score (nSPS) is 21.6. The summed E-state index contributed by atoms with van der Waals surface area (Å²) in [5.41, 5.74) is 11.8. The predicted octanol–water partition coefficient (Wildman–Crippen LogP) is 12.3. The van der Waals surface area contributed by atoms with E-state index in [9.17, 15) is 0 Å². The Balaban J connectivity index is 1.17. The van der Waals surface area contributed by atoms with Crippen LogP contribution in [-0.2, 0) is 10.8 Å². The zero-order valence-corrected chi connectivity index (χ0v) is 32.4. The molecule has 6 aromatic carbocycles. The van der Waals surface area contributed by atoms with E-state index in [4.69, 9.17) is 0 Å². The van der Waals surface area contributed by atoms with Gasteiger partial charge in [-0.25, -0.2) is 0 Å². The summed E-state index contributed by atoms with van der Waals surface area (Å²) in [7, 11) is 4.51. The lowest BCUT2D eigenvalue weighted by molar-refractivity contribution is 0.489. The molecule has 2 heterocycles. The first kappa shape index (κ1) is 34.1. The van der Waals surface area contributed by atoms with Crippen LogP contribution in [0.2, 0.25) is 0 Å². The smallest absolute Gasteiger partial charge is 0.211 e. The Morgan fingerprint density at radius 3 is 1.78 bits per heavy atom. The molecule has 0 N–H and O–H groups in total. The van der Waals surface area contributed by atoms with E-state index >= 15 is 0 Å². The molecule has 1 fully saturated rings. The van der Waals surface area contributed by atoms with Crippen molar-refractivity contribution in [2.24, 2.45) is 5.92 Å². The average Bonchev–Trinajstić information content (AvgIpc) is 3.74. The molecule has 2 aliphatic heterocycles. The van der Waals surface area contributed by atoms with Crippen LogP contribution in [0.4, 0.5) is 22.7 Å². The maximum atomic E-state index is 2.53. The molecule has 2 unspecified atom stereocenters. The number of fused-ring (bicyclic) bond motifs is 6. The summed E-state index contributed by atoms with van der Waals surface area (Å²) in [5, 5.41) is 5.32. The van der Waals surface area contributed by atoms with E-state index in [-0.39, 0.29) is 22.8 Å². The second-order valence-electron chi connectivity index (χ2n) is 16.5. The van der Waals surface area contributed by atoms with Gasteiger partial charge >= 0.3 is 0 Å². The molecule has 3 aliphatic rings. The molecule has 268 valence electrons. The molecule has 9 rings (SSSR count). The van der Waals surface area contributed by atoms with Gasteiger partial charge in [0.2, 0.25) is 11.4 Å². The van der Waals surface area contributed by atoms with E-state index in [1.54, 1.807) is 0 Å². The Labute approximate surface area is 320 Å². The minimum Gasteiger partial charge on any atom is -0.367 e.